The lowest BCUT2D eigenvalue weighted by Crippen LogP contribution is -2.26. The van der Waals surface area contributed by atoms with Gasteiger partial charge in [0.25, 0.3) is 11.6 Å². The van der Waals surface area contributed by atoms with Crippen LogP contribution in [-0.4, -0.2) is 34.9 Å². The second-order valence-corrected chi connectivity index (χ2v) is 8.57. The average molecular weight is 498 g/mol. The van der Waals surface area contributed by atoms with E-state index in [9.17, 15) is 14.9 Å². The van der Waals surface area contributed by atoms with Crippen LogP contribution >= 0.6 is 38.6 Å². The van der Waals surface area contributed by atoms with Crippen molar-refractivity contribution in [3.63, 3.8) is 0 Å². The molecule has 2 aromatic heterocycles. The van der Waals surface area contributed by atoms with Crippen molar-refractivity contribution in [1.82, 2.24) is 9.88 Å². The van der Waals surface area contributed by atoms with Crippen LogP contribution in [0.5, 0.6) is 11.5 Å². The maximum Gasteiger partial charge on any atom is 0.286 e. The molecule has 0 bridgehead atoms. The quantitative estimate of drug-likeness (QED) is 0.329. The number of carbonyl (C=O) groups is 1. The number of halogens is 1. The average Bonchev–Trinajstić information content (AvgIpc) is 3.36. The molecule has 0 unspecified atom stereocenters. The number of aromatic nitrogens is 1. The highest BCUT2D eigenvalue weighted by atomic mass is 79.9. The Bertz CT molecular complexity index is 1020. The first-order valence-corrected chi connectivity index (χ1v) is 10.8. The lowest BCUT2D eigenvalue weighted by atomic mass is 10.1. The van der Waals surface area contributed by atoms with Gasteiger partial charge in [0.05, 0.1) is 35.8 Å². The van der Waals surface area contributed by atoms with Gasteiger partial charge < -0.3 is 14.4 Å². The summed E-state index contributed by atoms with van der Waals surface area (Å²) in [4.78, 5) is 30.4. The van der Waals surface area contributed by atoms with Crippen LogP contribution in [0.2, 0.25) is 0 Å². The van der Waals surface area contributed by atoms with E-state index in [-0.39, 0.29) is 29.4 Å². The number of ether oxygens (including phenoxy) is 2. The number of hydrogen-bond acceptors (Lipinski definition) is 8. The summed E-state index contributed by atoms with van der Waals surface area (Å²) in [6.45, 7) is 0.466. The Morgan fingerprint density at radius 1 is 1.31 bits per heavy atom. The molecule has 0 saturated heterocycles. The molecule has 2 heterocycles. The number of methoxy groups -OCH3 is 1. The Morgan fingerprint density at radius 2 is 2.10 bits per heavy atom. The normalized spacial score (nSPS) is 10.6. The van der Waals surface area contributed by atoms with Gasteiger partial charge in [-0.2, -0.15) is 0 Å². The molecule has 3 aromatic rings. The van der Waals surface area contributed by atoms with E-state index >= 15 is 0 Å². The number of nitro benzene ring substituents is 1. The van der Waals surface area contributed by atoms with Crippen molar-refractivity contribution in [3.8, 4) is 11.5 Å². The fourth-order valence-electron chi connectivity index (χ4n) is 2.55. The molecule has 8 nitrogen and oxygen atoms in total. The number of thiazole rings is 1. The number of carbonyl (C=O) groups excluding carboxylic acids is 1. The van der Waals surface area contributed by atoms with Gasteiger partial charge in [0.15, 0.2) is 11.5 Å². The van der Waals surface area contributed by atoms with Gasteiger partial charge in [-0.25, -0.2) is 4.98 Å². The summed E-state index contributed by atoms with van der Waals surface area (Å²) in [5.41, 5.74) is 1.96. The van der Waals surface area contributed by atoms with Crippen LogP contribution in [-0.2, 0) is 13.2 Å². The number of nitro groups is 1. The monoisotopic (exact) mass is 497 g/mol. The zero-order valence-electron chi connectivity index (χ0n) is 15.5. The molecule has 0 aliphatic carbocycles. The van der Waals surface area contributed by atoms with E-state index in [0.29, 0.717) is 12.2 Å². The van der Waals surface area contributed by atoms with Crippen LogP contribution in [0.4, 0.5) is 5.69 Å². The molecule has 0 spiro atoms. The van der Waals surface area contributed by atoms with Gasteiger partial charge in [-0.3, -0.25) is 14.9 Å². The molecule has 0 N–H and O–H groups in total. The molecule has 0 atom stereocenters. The first-order valence-electron chi connectivity index (χ1n) is 8.23. The van der Waals surface area contributed by atoms with Gasteiger partial charge in [0.1, 0.15) is 12.2 Å². The molecule has 1 aromatic carbocycles. The Hall–Kier alpha value is -2.50. The topological polar surface area (TPSA) is 94.8 Å². The highest BCUT2D eigenvalue weighted by Crippen LogP contribution is 2.36. The minimum absolute atomic E-state index is 0.0639. The summed E-state index contributed by atoms with van der Waals surface area (Å²) in [6, 6.07) is 4.46. The molecule has 0 aliphatic rings. The predicted octanol–water partition coefficient (Wildman–Crippen LogP) is 4.74. The van der Waals surface area contributed by atoms with E-state index in [1.165, 1.54) is 46.8 Å². The standard InChI is InChI=1S/C18H16BrN3O5S2/c1-21(6-13-3-11(19)8-29-13)18(23)14-4-16(26-2)17(5-15(14)22(24)25)27-7-12-9-28-10-20-12/h3-5,8-10H,6-7H2,1-2H3. The van der Waals surface area contributed by atoms with Crippen molar-refractivity contribution >= 4 is 50.2 Å². The summed E-state index contributed by atoms with van der Waals surface area (Å²) >= 11 is 6.29. The van der Waals surface area contributed by atoms with Crippen molar-refractivity contribution in [3.05, 3.63) is 65.2 Å². The highest BCUT2D eigenvalue weighted by molar-refractivity contribution is 9.10. The van der Waals surface area contributed by atoms with Crippen LogP contribution in [0.15, 0.2) is 38.9 Å². The van der Waals surface area contributed by atoms with Crippen LogP contribution in [0.1, 0.15) is 20.9 Å². The van der Waals surface area contributed by atoms with E-state index in [0.717, 1.165) is 9.35 Å². The third-order valence-electron chi connectivity index (χ3n) is 3.93. The fraction of sp³-hybridized carbons (Fsp3) is 0.222. The number of thiophene rings is 1. The molecule has 0 saturated carbocycles. The van der Waals surface area contributed by atoms with Gasteiger partial charge in [-0.15, -0.1) is 22.7 Å². The molecule has 3 rings (SSSR count). The van der Waals surface area contributed by atoms with E-state index in [1.54, 1.807) is 12.6 Å². The van der Waals surface area contributed by atoms with Gasteiger partial charge >= 0.3 is 0 Å². The second kappa shape index (κ2) is 9.33. The second-order valence-electron chi connectivity index (χ2n) is 5.94. The third-order valence-corrected chi connectivity index (χ3v) is 6.25. The Morgan fingerprint density at radius 3 is 2.69 bits per heavy atom. The SMILES string of the molecule is COc1cc(C(=O)N(C)Cc2cc(Br)cs2)c([N+](=O)[O-])cc1OCc1cscn1. The number of rotatable bonds is 8. The van der Waals surface area contributed by atoms with Crippen LogP contribution in [0.25, 0.3) is 0 Å². The Kier molecular flexibility index (Phi) is 6.83. The summed E-state index contributed by atoms with van der Waals surface area (Å²) < 4.78 is 11.9. The Balaban J connectivity index is 1.88. The number of amides is 1. The van der Waals surface area contributed by atoms with Crippen molar-refractivity contribution in [2.75, 3.05) is 14.2 Å². The van der Waals surface area contributed by atoms with Gasteiger partial charge in [-0.1, -0.05) is 0 Å². The highest BCUT2D eigenvalue weighted by Gasteiger charge is 2.27. The number of benzene rings is 1. The number of nitrogens with zero attached hydrogens (tertiary/aromatic N) is 3. The van der Waals surface area contributed by atoms with Crippen LogP contribution in [0, 0.1) is 10.1 Å². The minimum Gasteiger partial charge on any atom is -0.493 e. The van der Waals surface area contributed by atoms with Crippen LogP contribution < -0.4 is 9.47 Å². The fourth-order valence-corrected chi connectivity index (χ4v) is 4.60. The smallest absolute Gasteiger partial charge is 0.286 e. The summed E-state index contributed by atoms with van der Waals surface area (Å²) in [5, 5.41) is 15.3. The molecular formula is C18H16BrN3O5S2. The number of hydrogen-bond donors (Lipinski definition) is 0. The van der Waals surface area contributed by atoms with Gasteiger partial charge in [0.2, 0.25) is 0 Å². The maximum atomic E-state index is 12.9. The summed E-state index contributed by atoms with van der Waals surface area (Å²) in [7, 11) is 3.01. The Labute approximate surface area is 183 Å². The van der Waals surface area contributed by atoms with Crippen molar-refractivity contribution in [2.45, 2.75) is 13.2 Å². The summed E-state index contributed by atoms with van der Waals surface area (Å²) in [5.74, 6) is -0.0689. The summed E-state index contributed by atoms with van der Waals surface area (Å²) in [6.07, 6.45) is 0. The van der Waals surface area contributed by atoms with Crippen molar-refractivity contribution in [1.29, 1.82) is 0 Å². The molecule has 11 heteroatoms. The van der Waals surface area contributed by atoms with E-state index < -0.39 is 10.8 Å². The van der Waals surface area contributed by atoms with E-state index in [2.05, 4.69) is 20.9 Å². The zero-order valence-corrected chi connectivity index (χ0v) is 18.7. The van der Waals surface area contributed by atoms with E-state index in [1.807, 2.05) is 16.8 Å². The zero-order chi connectivity index (χ0) is 21.0. The lowest BCUT2D eigenvalue weighted by molar-refractivity contribution is -0.385. The molecule has 0 radical (unpaired) electrons. The predicted molar refractivity (Wildman–Crippen MR) is 114 cm³/mol. The maximum absolute atomic E-state index is 12.9. The molecular weight excluding hydrogens is 482 g/mol. The van der Waals surface area contributed by atoms with Gasteiger partial charge in [-0.05, 0) is 22.0 Å². The minimum atomic E-state index is -0.599. The molecule has 0 aliphatic heterocycles. The molecule has 1 amide bonds. The lowest BCUT2D eigenvalue weighted by Gasteiger charge is -2.18. The first kappa shape index (κ1) is 21.2. The molecule has 29 heavy (non-hydrogen) atoms. The van der Waals surface area contributed by atoms with Gasteiger partial charge in [0, 0.05) is 33.2 Å². The van der Waals surface area contributed by atoms with Crippen LogP contribution in [0.3, 0.4) is 0 Å². The van der Waals surface area contributed by atoms with Crippen molar-refractivity contribution in [2.24, 2.45) is 0 Å². The molecule has 152 valence electrons. The third kappa shape index (κ3) is 5.11. The first-order chi connectivity index (χ1) is 13.9. The largest absolute Gasteiger partial charge is 0.493 e. The van der Waals surface area contributed by atoms with E-state index in [4.69, 9.17) is 9.47 Å². The molecule has 0 fully saturated rings. The van der Waals surface area contributed by atoms with Crippen molar-refractivity contribution < 1.29 is 19.2 Å².